The van der Waals surface area contributed by atoms with Crippen LogP contribution in [0.1, 0.15) is 40.0 Å². The molecule has 3 aromatic rings. The van der Waals surface area contributed by atoms with Gasteiger partial charge in [0.15, 0.2) is 0 Å². The van der Waals surface area contributed by atoms with Gasteiger partial charge in [0.05, 0.1) is 9.75 Å². The number of aromatic nitrogens is 2. The number of fused-ring (bicyclic) bond motifs is 1. The van der Waals surface area contributed by atoms with Crippen molar-refractivity contribution in [1.29, 1.82) is 0 Å². The molecule has 0 saturated carbocycles. The lowest BCUT2D eigenvalue weighted by Gasteiger charge is -2.13. The van der Waals surface area contributed by atoms with E-state index in [0.717, 1.165) is 29.9 Å². The van der Waals surface area contributed by atoms with E-state index >= 15 is 0 Å². The summed E-state index contributed by atoms with van der Waals surface area (Å²) in [6, 6.07) is 5.72. The Morgan fingerprint density at radius 1 is 1.33 bits per heavy atom. The fraction of sp³-hybridized carbons (Fsp3) is 0.400. The van der Waals surface area contributed by atoms with Crippen molar-refractivity contribution in [2.75, 3.05) is 38.5 Å². The van der Waals surface area contributed by atoms with Crippen LogP contribution in [-0.2, 0) is 4.84 Å². The van der Waals surface area contributed by atoms with Gasteiger partial charge in [0.25, 0.3) is 5.91 Å². The predicted octanol–water partition coefficient (Wildman–Crippen LogP) is 2.95. The van der Waals surface area contributed by atoms with Crippen LogP contribution < -0.4 is 11.1 Å². The van der Waals surface area contributed by atoms with Crippen LogP contribution in [0.3, 0.4) is 0 Å². The minimum absolute atomic E-state index is 0.138. The van der Waals surface area contributed by atoms with Crippen molar-refractivity contribution in [3.63, 3.8) is 0 Å². The number of nitrogens with one attached hydrogen (secondary N) is 1. The van der Waals surface area contributed by atoms with Crippen LogP contribution >= 0.6 is 22.7 Å². The maximum Gasteiger partial charge on any atom is 0.261 e. The molecule has 0 aromatic carbocycles. The van der Waals surface area contributed by atoms with Crippen molar-refractivity contribution in [2.24, 2.45) is 5.16 Å². The monoisotopic (exact) mass is 444 g/mol. The molecule has 3 N–H and O–H groups in total. The van der Waals surface area contributed by atoms with E-state index in [-0.39, 0.29) is 11.9 Å². The fourth-order valence-electron chi connectivity index (χ4n) is 3.38. The maximum absolute atomic E-state index is 12.3. The number of nitrogens with zero attached hydrogens (tertiary/aromatic N) is 4. The van der Waals surface area contributed by atoms with Crippen LogP contribution in [0.4, 0.5) is 5.95 Å². The molecule has 8 nitrogen and oxygen atoms in total. The SMILES string of the molecule is CCNC(=O)c1cc2c(/C(=N/OCCN3CCCC3)c3cccs3)nc(N)nc2s1. The molecule has 0 atom stereocenters. The van der Waals surface area contributed by atoms with E-state index in [0.29, 0.717) is 34.3 Å². The first-order valence-electron chi connectivity index (χ1n) is 9.97. The number of hydrogen-bond donors (Lipinski definition) is 2. The van der Waals surface area contributed by atoms with Crippen molar-refractivity contribution < 1.29 is 9.63 Å². The van der Waals surface area contributed by atoms with Crippen molar-refractivity contribution in [3.8, 4) is 0 Å². The molecule has 3 aromatic heterocycles. The van der Waals surface area contributed by atoms with Crippen LogP contribution in [-0.4, -0.2) is 59.3 Å². The third-order valence-electron chi connectivity index (χ3n) is 4.80. The van der Waals surface area contributed by atoms with Gasteiger partial charge in [-0.15, -0.1) is 22.7 Å². The molecule has 1 aliphatic rings. The molecule has 0 aliphatic carbocycles. The van der Waals surface area contributed by atoms with Gasteiger partial charge in [-0.2, -0.15) is 0 Å². The molecule has 0 radical (unpaired) electrons. The number of oxime groups is 1. The zero-order valence-electron chi connectivity index (χ0n) is 16.8. The highest BCUT2D eigenvalue weighted by molar-refractivity contribution is 7.20. The minimum Gasteiger partial charge on any atom is -0.394 e. The molecule has 0 spiro atoms. The molecule has 158 valence electrons. The summed E-state index contributed by atoms with van der Waals surface area (Å²) in [5, 5.41) is 9.97. The first-order valence-corrected chi connectivity index (χ1v) is 11.7. The number of carbonyl (C=O) groups is 1. The zero-order chi connectivity index (χ0) is 20.9. The van der Waals surface area contributed by atoms with E-state index in [2.05, 4.69) is 25.3 Å². The molecular formula is C20H24N6O2S2. The van der Waals surface area contributed by atoms with Gasteiger partial charge in [-0.1, -0.05) is 11.2 Å². The van der Waals surface area contributed by atoms with E-state index in [4.69, 9.17) is 10.6 Å². The highest BCUT2D eigenvalue weighted by Crippen LogP contribution is 2.29. The molecule has 4 heterocycles. The number of rotatable bonds is 8. The summed E-state index contributed by atoms with van der Waals surface area (Å²) in [4.78, 5) is 31.3. The highest BCUT2D eigenvalue weighted by atomic mass is 32.1. The largest absolute Gasteiger partial charge is 0.394 e. The number of likely N-dealkylation sites (tertiary alicyclic amines) is 1. The van der Waals surface area contributed by atoms with Gasteiger partial charge in [-0.25, -0.2) is 9.97 Å². The van der Waals surface area contributed by atoms with Gasteiger partial charge in [0, 0.05) is 18.5 Å². The Morgan fingerprint density at radius 3 is 2.90 bits per heavy atom. The zero-order valence-corrected chi connectivity index (χ0v) is 18.4. The number of anilines is 1. The molecule has 0 unspecified atom stereocenters. The molecule has 4 rings (SSSR count). The van der Waals surface area contributed by atoms with Crippen molar-refractivity contribution in [3.05, 3.63) is 39.0 Å². The molecule has 1 aliphatic heterocycles. The number of carbonyl (C=O) groups excluding carboxylic acids is 1. The second-order valence-electron chi connectivity index (χ2n) is 6.92. The van der Waals surface area contributed by atoms with E-state index < -0.39 is 0 Å². The predicted molar refractivity (Wildman–Crippen MR) is 121 cm³/mol. The first kappa shape index (κ1) is 20.7. The summed E-state index contributed by atoms with van der Waals surface area (Å²) in [5.74, 6) is 0.00428. The quantitative estimate of drug-likeness (QED) is 0.314. The molecule has 30 heavy (non-hydrogen) atoms. The molecule has 1 amide bonds. The van der Waals surface area contributed by atoms with E-state index in [1.165, 1.54) is 24.2 Å². The minimum atomic E-state index is -0.138. The lowest BCUT2D eigenvalue weighted by molar-refractivity contribution is 0.0960. The van der Waals surface area contributed by atoms with Crippen molar-refractivity contribution >= 4 is 50.5 Å². The molecule has 1 fully saturated rings. The van der Waals surface area contributed by atoms with Crippen LogP contribution in [0.15, 0.2) is 28.7 Å². The van der Waals surface area contributed by atoms with E-state index in [9.17, 15) is 4.79 Å². The molecule has 10 heteroatoms. The highest BCUT2D eigenvalue weighted by Gasteiger charge is 2.20. The van der Waals surface area contributed by atoms with E-state index in [1.54, 1.807) is 17.4 Å². The Labute approximate surface area is 182 Å². The molecule has 0 bridgehead atoms. The third-order valence-corrected chi connectivity index (χ3v) is 6.71. The van der Waals surface area contributed by atoms with Gasteiger partial charge in [-0.05, 0) is 50.4 Å². The lowest BCUT2D eigenvalue weighted by Crippen LogP contribution is -2.23. The summed E-state index contributed by atoms with van der Waals surface area (Å²) >= 11 is 2.84. The first-order chi connectivity index (χ1) is 14.7. The third kappa shape index (κ3) is 4.61. The molecular weight excluding hydrogens is 420 g/mol. The summed E-state index contributed by atoms with van der Waals surface area (Å²) in [5.41, 5.74) is 7.16. The van der Waals surface area contributed by atoms with Crippen LogP contribution in [0.5, 0.6) is 0 Å². The normalized spacial score (nSPS) is 15.0. The van der Waals surface area contributed by atoms with Gasteiger partial charge < -0.3 is 15.9 Å². The Bertz CT molecular complexity index is 1040. The van der Waals surface area contributed by atoms with Crippen LogP contribution in [0, 0.1) is 0 Å². The number of amides is 1. The van der Waals surface area contributed by atoms with Gasteiger partial charge >= 0.3 is 0 Å². The average Bonchev–Trinajstić information content (AvgIpc) is 3.49. The van der Waals surface area contributed by atoms with Crippen LogP contribution in [0.2, 0.25) is 0 Å². The average molecular weight is 445 g/mol. The maximum atomic E-state index is 12.3. The topological polar surface area (TPSA) is 106 Å². The summed E-state index contributed by atoms with van der Waals surface area (Å²) < 4.78 is 0. The standard InChI is InChI=1S/C20H24N6O2S2/c1-2-22-18(27)15-12-13-16(23-20(21)24-19(13)30-15)17(14-6-5-11-29-14)25-28-10-9-26-7-3-4-8-26/h5-6,11-12H,2-4,7-10H2,1H3,(H,22,27)(H2,21,23,24)/b25-17+. The van der Waals surface area contributed by atoms with Crippen molar-refractivity contribution in [2.45, 2.75) is 19.8 Å². The van der Waals surface area contributed by atoms with Crippen LogP contribution in [0.25, 0.3) is 10.2 Å². The van der Waals surface area contributed by atoms with Gasteiger partial charge in [0.2, 0.25) is 5.95 Å². The second-order valence-corrected chi connectivity index (χ2v) is 8.90. The summed E-state index contributed by atoms with van der Waals surface area (Å²) in [7, 11) is 0. The lowest BCUT2D eigenvalue weighted by atomic mass is 10.1. The van der Waals surface area contributed by atoms with E-state index in [1.807, 2.05) is 24.4 Å². The van der Waals surface area contributed by atoms with Gasteiger partial charge in [0.1, 0.15) is 22.8 Å². The fourth-order valence-corrected chi connectivity index (χ4v) is 5.04. The number of nitrogen functional groups attached to an aromatic ring is 1. The number of thiophene rings is 2. The second kappa shape index (κ2) is 9.50. The number of hydrogen-bond acceptors (Lipinski definition) is 9. The summed E-state index contributed by atoms with van der Waals surface area (Å²) in [6.07, 6.45) is 2.49. The molecule has 1 saturated heterocycles. The Balaban J connectivity index is 1.67. The van der Waals surface area contributed by atoms with Crippen molar-refractivity contribution in [1.82, 2.24) is 20.2 Å². The summed E-state index contributed by atoms with van der Waals surface area (Å²) in [6.45, 7) is 6.03. The smallest absolute Gasteiger partial charge is 0.261 e. The number of nitrogens with two attached hydrogens (primary N) is 1. The van der Waals surface area contributed by atoms with Gasteiger partial charge in [-0.3, -0.25) is 9.69 Å². The Hall–Kier alpha value is -2.56. The Morgan fingerprint density at radius 2 is 2.17 bits per heavy atom. The Kier molecular flexibility index (Phi) is 6.56.